The van der Waals surface area contributed by atoms with Crippen LogP contribution in [0.15, 0.2) is 18.2 Å². The lowest BCUT2D eigenvalue weighted by Gasteiger charge is -2.16. The van der Waals surface area contributed by atoms with Gasteiger partial charge in [-0.05, 0) is 24.6 Å². The number of rotatable bonds is 2. The predicted octanol–water partition coefficient (Wildman–Crippen LogP) is 2.44. The van der Waals surface area contributed by atoms with Crippen molar-refractivity contribution in [2.24, 2.45) is 0 Å². The van der Waals surface area contributed by atoms with Gasteiger partial charge in [-0.3, -0.25) is 4.79 Å². The van der Waals surface area contributed by atoms with Crippen molar-refractivity contribution >= 4 is 21.8 Å². The summed E-state index contributed by atoms with van der Waals surface area (Å²) in [6.45, 7) is 1.42. The van der Waals surface area contributed by atoms with E-state index in [0.29, 0.717) is 16.9 Å². The molecule has 1 aliphatic heterocycles. The van der Waals surface area contributed by atoms with E-state index in [9.17, 15) is 9.18 Å². The molecule has 1 saturated heterocycles. The van der Waals surface area contributed by atoms with Crippen molar-refractivity contribution < 1.29 is 13.9 Å². The average molecular weight is 302 g/mol. The zero-order chi connectivity index (χ0) is 12.4. The fourth-order valence-electron chi connectivity index (χ4n) is 1.88. The quantitative estimate of drug-likeness (QED) is 0.785. The summed E-state index contributed by atoms with van der Waals surface area (Å²) in [4.78, 5) is 14.2. The molecule has 1 aliphatic rings. The fourth-order valence-corrected chi connectivity index (χ4v) is 2.43. The summed E-state index contributed by atoms with van der Waals surface area (Å²) in [6.07, 6.45) is 0.948. The molecule has 0 aromatic heterocycles. The summed E-state index contributed by atoms with van der Waals surface area (Å²) >= 11 is 3.48. The number of hydrogen-bond donors (Lipinski definition) is 0. The molecular weight excluding hydrogens is 289 g/mol. The Bertz CT molecular complexity index is 439. The van der Waals surface area contributed by atoms with Gasteiger partial charge in [0.2, 0.25) is 0 Å². The van der Waals surface area contributed by atoms with E-state index in [1.54, 1.807) is 4.90 Å². The lowest BCUT2D eigenvalue weighted by molar-refractivity contribution is 0.0793. The fraction of sp³-hybridized carbons (Fsp3) is 0.417. The van der Waals surface area contributed by atoms with E-state index in [1.807, 2.05) is 0 Å². The summed E-state index contributed by atoms with van der Waals surface area (Å²) in [7, 11) is 1.39. The highest BCUT2D eigenvalue weighted by molar-refractivity contribution is 9.09. The molecule has 17 heavy (non-hydrogen) atoms. The third kappa shape index (κ3) is 2.60. The second kappa shape index (κ2) is 5.04. The van der Waals surface area contributed by atoms with Crippen LogP contribution in [0.4, 0.5) is 4.39 Å². The van der Waals surface area contributed by atoms with Gasteiger partial charge in [0, 0.05) is 23.5 Å². The van der Waals surface area contributed by atoms with Crippen molar-refractivity contribution in [3.8, 4) is 5.75 Å². The van der Waals surface area contributed by atoms with Gasteiger partial charge in [0.15, 0.2) is 11.6 Å². The van der Waals surface area contributed by atoms with E-state index in [0.717, 1.165) is 13.0 Å². The number of halogens is 2. The maximum Gasteiger partial charge on any atom is 0.254 e. The number of carbonyl (C=O) groups excluding carboxylic acids is 1. The Kier molecular flexibility index (Phi) is 3.66. The van der Waals surface area contributed by atoms with Crippen LogP contribution in [-0.4, -0.2) is 35.8 Å². The first-order valence-electron chi connectivity index (χ1n) is 5.38. The van der Waals surface area contributed by atoms with Gasteiger partial charge < -0.3 is 9.64 Å². The number of hydrogen-bond acceptors (Lipinski definition) is 2. The summed E-state index contributed by atoms with van der Waals surface area (Å²) < 4.78 is 18.1. The van der Waals surface area contributed by atoms with Gasteiger partial charge >= 0.3 is 0 Å². The zero-order valence-electron chi connectivity index (χ0n) is 9.45. The largest absolute Gasteiger partial charge is 0.494 e. The van der Waals surface area contributed by atoms with Crippen molar-refractivity contribution in [3.63, 3.8) is 0 Å². The first kappa shape index (κ1) is 12.4. The van der Waals surface area contributed by atoms with E-state index in [1.165, 1.54) is 25.3 Å². The number of alkyl halides is 1. The highest BCUT2D eigenvalue weighted by Gasteiger charge is 2.25. The van der Waals surface area contributed by atoms with Gasteiger partial charge in [-0.2, -0.15) is 0 Å². The standard InChI is InChI=1S/C12H13BrFNO2/c1-17-11-6-8(2-3-10(11)14)12(16)15-5-4-9(13)7-15/h2-3,6,9H,4-5,7H2,1H3. The highest BCUT2D eigenvalue weighted by Crippen LogP contribution is 2.22. The van der Waals surface area contributed by atoms with Crippen molar-refractivity contribution in [1.82, 2.24) is 4.90 Å². The van der Waals surface area contributed by atoms with E-state index >= 15 is 0 Å². The third-order valence-electron chi connectivity index (χ3n) is 2.82. The highest BCUT2D eigenvalue weighted by atomic mass is 79.9. The van der Waals surface area contributed by atoms with E-state index in [-0.39, 0.29) is 11.7 Å². The van der Waals surface area contributed by atoms with Gasteiger partial charge in [-0.25, -0.2) is 4.39 Å². The first-order chi connectivity index (χ1) is 8.11. The van der Waals surface area contributed by atoms with E-state index in [2.05, 4.69) is 15.9 Å². The normalized spacial score (nSPS) is 19.5. The smallest absolute Gasteiger partial charge is 0.254 e. The Labute approximate surface area is 108 Å². The minimum absolute atomic E-state index is 0.0785. The van der Waals surface area contributed by atoms with Crippen LogP contribution in [-0.2, 0) is 0 Å². The van der Waals surface area contributed by atoms with Crippen LogP contribution < -0.4 is 4.74 Å². The molecule has 1 amide bonds. The SMILES string of the molecule is COc1cc(C(=O)N2CCC(Br)C2)ccc1F. The minimum Gasteiger partial charge on any atom is -0.494 e. The molecule has 0 N–H and O–H groups in total. The molecule has 1 heterocycles. The van der Waals surface area contributed by atoms with Gasteiger partial charge in [-0.1, -0.05) is 15.9 Å². The molecule has 1 aromatic rings. The molecule has 5 heteroatoms. The Morgan fingerprint density at radius 3 is 2.94 bits per heavy atom. The van der Waals surface area contributed by atoms with Crippen molar-refractivity contribution in [2.45, 2.75) is 11.2 Å². The van der Waals surface area contributed by atoms with Crippen molar-refractivity contribution in [3.05, 3.63) is 29.6 Å². The molecule has 1 atom stereocenters. The molecule has 92 valence electrons. The monoisotopic (exact) mass is 301 g/mol. The summed E-state index contributed by atoms with van der Waals surface area (Å²) in [6, 6.07) is 4.19. The number of ether oxygens (including phenoxy) is 1. The van der Waals surface area contributed by atoms with Crippen LogP contribution >= 0.6 is 15.9 Å². The van der Waals surface area contributed by atoms with Crippen LogP contribution in [0.1, 0.15) is 16.8 Å². The summed E-state index contributed by atoms with van der Waals surface area (Å²) in [5, 5.41) is 0. The number of carbonyl (C=O) groups is 1. The second-order valence-corrected chi connectivity index (χ2v) is 5.28. The molecule has 0 saturated carbocycles. The van der Waals surface area contributed by atoms with Crippen LogP contribution in [0.3, 0.4) is 0 Å². The van der Waals surface area contributed by atoms with Gasteiger partial charge in [0.25, 0.3) is 5.91 Å². The average Bonchev–Trinajstić information content (AvgIpc) is 2.75. The van der Waals surface area contributed by atoms with Gasteiger partial charge in [0.05, 0.1) is 7.11 Å². The topological polar surface area (TPSA) is 29.5 Å². The number of nitrogens with zero attached hydrogens (tertiary/aromatic N) is 1. The third-order valence-corrected chi connectivity index (χ3v) is 3.56. The number of likely N-dealkylation sites (tertiary alicyclic amines) is 1. The maximum absolute atomic E-state index is 13.2. The number of methoxy groups -OCH3 is 1. The molecule has 0 radical (unpaired) electrons. The molecule has 1 aromatic carbocycles. The molecule has 1 unspecified atom stereocenters. The lowest BCUT2D eigenvalue weighted by atomic mass is 10.2. The van der Waals surface area contributed by atoms with E-state index in [4.69, 9.17) is 4.74 Å². The van der Waals surface area contributed by atoms with Crippen LogP contribution in [0.5, 0.6) is 5.75 Å². The first-order valence-corrected chi connectivity index (χ1v) is 6.30. The number of amides is 1. The Morgan fingerprint density at radius 1 is 1.59 bits per heavy atom. The van der Waals surface area contributed by atoms with Crippen LogP contribution in [0, 0.1) is 5.82 Å². The molecular formula is C12H13BrFNO2. The van der Waals surface area contributed by atoms with Crippen LogP contribution in [0.2, 0.25) is 0 Å². The molecule has 0 spiro atoms. The molecule has 1 fully saturated rings. The summed E-state index contributed by atoms with van der Waals surface area (Å²) in [5.74, 6) is -0.431. The second-order valence-electron chi connectivity index (χ2n) is 3.99. The Hall–Kier alpha value is -1.10. The summed E-state index contributed by atoms with van der Waals surface area (Å²) in [5.41, 5.74) is 0.463. The molecule has 3 nitrogen and oxygen atoms in total. The molecule has 0 bridgehead atoms. The van der Waals surface area contributed by atoms with Crippen molar-refractivity contribution in [1.29, 1.82) is 0 Å². The predicted molar refractivity (Wildman–Crippen MR) is 66.2 cm³/mol. The zero-order valence-corrected chi connectivity index (χ0v) is 11.0. The van der Waals surface area contributed by atoms with Gasteiger partial charge in [0.1, 0.15) is 0 Å². The maximum atomic E-state index is 13.2. The van der Waals surface area contributed by atoms with E-state index < -0.39 is 5.82 Å². The Morgan fingerprint density at radius 2 is 2.35 bits per heavy atom. The number of benzene rings is 1. The lowest BCUT2D eigenvalue weighted by Crippen LogP contribution is -2.28. The minimum atomic E-state index is -0.455. The van der Waals surface area contributed by atoms with Crippen molar-refractivity contribution in [2.75, 3.05) is 20.2 Å². The van der Waals surface area contributed by atoms with Gasteiger partial charge in [-0.15, -0.1) is 0 Å². The van der Waals surface area contributed by atoms with Crippen LogP contribution in [0.25, 0.3) is 0 Å². The Balaban J connectivity index is 2.19. The molecule has 2 rings (SSSR count). The molecule has 0 aliphatic carbocycles.